The Hall–Kier alpha value is -1.91. The fourth-order valence-corrected chi connectivity index (χ4v) is 7.25. The summed E-state index contributed by atoms with van der Waals surface area (Å²) in [5.74, 6) is 0. The molecule has 1 aromatic carbocycles. The van der Waals surface area contributed by atoms with Crippen LogP contribution in [0.15, 0.2) is 17.6 Å². The van der Waals surface area contributed by atoms with Crippen LogP contribution in [-0.2, 0) is 45.7 Å². The molecule has 10 heteroatoms. The number of anilines is 1. The molecule has 0 radical (unpaired) electrons. The first kappa shape index (κ1) is 23.3. The molecule has 176 valence electrons. The number of fused-ring (bicyclic) bond motifs is 2. The summed E-state index contributed by atoms with van der Waals surface area (Å²) in [5.41, 5.74) is 5.51. The van der Waals surface area contributed by atoms with E-state index in [0.29, 0.717) is 19.4 Å². The highest BCUT2D eigenvalue weighted by atomic mass is 32.2. The average Bonchev–Trinajstić information content (AvgIpc) is 3.45. The topological polar surface area (TPSA) is 113 Å². The minimum Gasteiger partial charge on any atom is -0.307 e. The van der Waals surface area contributed by atoms with Gasteiger partial charge in [0.1, 0.15) is 0 Å². The Labute approximate surface area is 190 Å². The second kappa shape index (κ2) is 8.79. The summed E-state index contributed by atoms with van der Waals surface area (Å²) in [5, 5.41) is 3.14. The predicted octanol–water partition coefficient (Wildman–Crippen LogP) is 2.83. The Bertz CT molecular complexity index is 1120. The van der Waals surface area contributed by atoms with Crippen LogP contribution in [0.5, 0.6) is 0 Å². The normalized spacial score (nSPS) is 21.3. The van der Waals surface area contributed by atoms with Crippen LogP contribution in [-0.4, -0.2) is 45.0 Å². The van der Waals surface area contributed by atoms with E-state index >= 15 is 0 Å². The van der Waals surface area contributed by atoms with Gasteiger partial charge in [-0.05, 0) is 87.5 Å². The van der Waals surface area contributed by atoms with Crippen molar-refractivity contribution in [2.24, 2.45) is 0 Å². The van der Waals surface area contributed by atoms with Gasteiger partial charge in [0.05, 0.1) is 5.25 Å². The number of hydrogen-bond acceptors (Lipinski definition) is 5. The fourth-order valence-electron chi connectivity index (χ4n) is 5.01. The molecule has 0 bridgehead atoms. The van der Waals surface area contributed by atoms with Crippen molar-refractivity contribution < 1.29 is 21.6 Å². The van der Waals surface area contributed by atoms with Gasteiger partial charge in [-0.3, -0.25) is 0 Å². The summed E-state index contributed by atoms with van der Waals surface area (Å²) in [6, 6.07) is 0.927. The highest BCUT2D eigenvalue weighted by Gasteiger charge is 2.35. The maximum Gasteiger partial charge on any atom is 0.333 e. The predicted molar refractivity (Wildman–Crippen MR) is 124 cm³/mol. The molecule has 8 nitrogen and oxygen atoms in total. The van der Waals surface area contributed by atoms with Gasteiger partial charge >= 0.3 is 6.03 Å². The molecule has 4 rings (SSSR count). The lowest BCUT2D eigenvalue weighted by Gasteiger charge is -2.23. The molecule has 2 amide bonds. The average molecular weight is 482 g/mol. The number of urea groups is 1. The van der Waals surface area contributed by atoms with E-state index in [1.54, 1.807) is 13.8 Å². The maximum absolute atomic E-state index is 12.6. The lowest BCUT2D eigenvalue weighted by Crippen LogP contribution is -2.39. The van der Waals surface area contributed by atoms with Crippen LogP contribution in [0, 0.1) is 0 Å². The van der Waals surface area contributed by atoms with E-state index in [-0.39, 0.29) is 0 Å². The lowest BCUT2D eigenvalue weighted by molar-refractivity contribution is 0.256. The highest BCUT2D eigenvalue weighted by molar-refractivity contribution is 7.93. The number of carbonyl (C=O) groups excluding carboxylic acids is 1. The Morgan fingerprint density at radius 3 is 2.25 bits per heavy atom. The standard InChI is InChI=1S/C22H31N3O5S2/c1-15(2)32(29,30)25-12-5-8-18(25)11-13-31(27,28)24-22(26)23-21-19-9-3-6-16(19)14-17-7-4-10-20(17)21/h11,13-15,18H,3-10,12H2,1-2H3,(H2,23,24,26)/b13-11+. The number of aryl methyl sites for hydroxylation is 2. The molecule has 1 fully saturated rings. The number of amides is 2. The van der Waals surface area contributed by atoms with Crippen LogP contribution >= 0.6 is 0 Å². The SMILES string of the molecule is CC(C)S(=O)(=O)N1CCCC1/C=C/S(=O)(=O)NC(=O)Nc1c2c(cc3c1CCC3)CCC2. The van der Waals surface area contributed by atoms with Crippen LogP contribution < -0.4 is 10.0 Å². The van der Waals surface area contributed by atoms with Crippen LogP contribution in [0.2, 0.25) is 0 Å². The maximum atomic E-state index is 12.6. The smallest absolute Gasteiger partial charge is 0.307 e. The summed E-state index contributed by atoms with van der Waals surface area (Å²) < 4.78 is 53.4. The van der Waals surface area contributed by atoms with E-state index in [1.165, 1.54) is 21.5 Å². The van der Waals surface area contributed by atoms with Gasteiger partial charge in [-0.25, -0.2) is 26.4 Å². The zero-order chi connectivity index (χ0) is 23.1. The van der Waals surface area contributed by atoms with Crippen LogP contribution in [0.25, 0.3) is 0 Å². The van der Waals surface area contributed by atoms with E-state index in [1.807, 2.05) is 0 Å². The Morgan fingerprint density at radius 1 is 1.03 bits per heavy atom. The third kappa shape index (κ3) is 4.58. The summed E-state index contributed by atoms with van der Waals surface area (Å²) in [6.07, 6.45) is 8.37. The number of nitrogens with zero attached hydrogens (tertiary/aromatic N) is 1. The van der Waals surface area contributed by atoms with Crippen LogP contribution in [0.3, 0.4) is 0 Å². The molecule has 0 spiro atoms. The van der Waals surface area contributed by atoms with E-state index in [4.69, 9.17) is 0 Å². The second-order valence-corrected chi connectivity index (χ2v) is 13.1. The molecule has 0 saturated carbocycles. The molecular formula is C22H31N3O5S2. The van der Waals surface area contributed by atoms with Gasteiger partial charge in [-0.1, -0.05) is 12.1 Å². The molecule has 1 saturated heterocycles. The first-order valence-electron chi connectivity index (χ1n) is 11.3. The number of rotatable bonds is 6. The largest absolute Gasteiger partial charge is 0.333 e. The summed E-state index contributed by atoms with van der Waals surface area (Å²) >= 11 is 0. The zero-order valence-electron chi connectivity index (χ0n) is 18.6. The fraction of sp³-hybridized carbons (Fsp3) is 0.591. The molecule has 2 aliphatic carbocycles. The molecular weight excluding hydrogens is 450 g/mol. The van der Waals surface area contributed by atoms with E-state index in [9.17, 15) is 21.6 Å². The number of carbonyl (C=O) groups is 1. The van der Waals surface area contributed by atoms with Gasteiger partial charge in [-0.2, -0.15) is 4.31 Å². The monoisotopic (exact) mass is 481 g/mol. The Balaban J connectivity index is 1.46. The highest BCUT2D eigenvalue weighted by Crippen LogP contribution is 2.38. The Morgan fingerprint density at radius 2 is 1.66 bits per heavy atom. The summed E-state index contributed by atoms with van der Waals surface area (Å²) in [6.45, 7) is 3.58. The zero-order valence-corrected chi connectivity index (χ0v) is 20.2. The van der Waals surface area contributed by atoms with Crippen LogP contribution in [0.4, 0.5) is 10.5 Å². The summed E-state index contributed by atoms with van der Waals surface area (Å²) in [7, 11) is -7.55. The number of sulfonamides is 2. The first-order valence-corrected chi connectivity index (χ1v) is 14.3. The van der Waals surface area contributed by atoms with E-state index in [0.717, 1.165) is 60.7 Å². The van der Waals surface area contributed by atoms with Gasteiger partial charge in [0.2, 0.25) is 10.0 Å². The van der Waals surface area contributed by atoms with Crippen molar-refractivity contribution in [3.05, 3.63) is 39.8 Å². The molecule has 3 aliphatic rings. The molecule has 32 heavy (non-hydrogen) atoms. The third-order valence-corrected chi connectivity index (χ3v) is 9.88. The lowest BCUT2D eigenvalue weighted by atomic mass is 9.99. The number of hydrogen-bond donors (Lipinski definition) is 2. The van der Waals surface area contributed by atoms with Crippen LogP contribution in [0.1, 0.15) is 61.8 Å². The number of benzene rings is 1. The van der Waals surface area contributed by atoms with Gasteiger partial charge in [0.25, 0.3) is 10.0 Å². The van der Waals surface area contributed by atoms with Gasteiger partial charge in [0.15, 0.2) is 0 Å². The molecule has 1 unspecified atom stereocenters. The molecule has 1 aromatic rings. The van der Waals surface area contributed by atoms with Gasteiger partial charge in [0, 0.05) is 23.7 Å². The Kier molecular flexibility index (Phi) is 6.39. The van der Waals surface area contributed by atoms with Crippen molar-refractivity contribution in [3.8, 4) is 0 Å². The van der Waals surface area contributed by atoms with Crippen molar-refractivity contribution in [2.75, 3.05) is 11.9 Å². The van der Waals surface area contributed by atoms with Crippen molar-refractivity contribution in [2.45, 2.75) is 76.5 Å². The molecule has 1 aliphatic heterocycles. The summed E-state index contributed by atoms with van der Waals surface area (Å²) in [4.78, 5) is 12.6. The first-order chi connectivity index (χ1) is 15.1. The number of nitrogens with one attached hydrogen (secondary N) is 2. The van der Waals surface area contributed by atoms with Crippen molar-refractivity contribution in [3.63, 3.8) is 0 Å². The van der Waals surface area contributed by atoms with Crippen molar-refractivity contribution >= 4 is 31.8 Å². The van der Waals surface area contributed by atoms with E-state index < -0.39 is 37.4 Å². The molecule has 2 N–H and O–H groups in total. The minimum atomic E-state index is -4.07. The van der Waals surface area contributed by atoms with Crippen molar-refractivity contribution in [1.82, 2.24) is 9.03 Å². The van der Waals surface area contributed by atoms with Gasteiger partial charge < -0.3 is 5.32 Å². The quantitative estimate of drug-likeness (QED) is 0.649. The second-order valence-electron chi connectivity index (χ2n) is 9.08. The minimum absolute atomic E-state index is 0.369. The van der Waals surface area contributed by atoms with Crippen molar-refractivity contribution in [1.29, 1.82) is 0 Å². The third-order valence-electron chi connectivity index (χ3n) is 6.60. The van der Waals surface area contributed by atoms with E-state index in [2.05, 4.69) is 16.1 Å². The van der Waals surface area contributed by atoms with Gasteiger partial charge in [-0.15, -0.1) is 0 Å². The molecule has 0 aromatic heterocycles. The molecule has 1 heterocycles. The molecule has 1 atom stereocenters.